The predicted molar refractivity (Wildman–Crippen MR) is 111 cm³/mol. The first-order chi connectivity index (χ1) is 13.8. The predicted octanol–water partition coefficient (Wildman–Crippen LogP) is 0.676. The quantitative estimate of drug-likeness (QED) is 0.379. The minimum Gasteiger partial charge on any atom is -0.363 e. The smallest absolute Gasteiger partial charge is 0.293 e. The molecule has 0 unspecified atom stereocenters. The molecule has 0 N–H and O–H groups in total. The molecule has 2 heterocycles. The Balaban J connectivity index is 1.79. The van der Waals surface area contributed by atoms with E-state index in [0.29, 0.717) is 51.4 Å². The zero-order valence-corrected chi connectivity index (χ0v) is 17.5. The Hall–Kier alpha value is -2.19. The van der Waals surface area contributed by atoms with Crippen LogP contribution in [0.4, 0.5) is 11.4 Å². The first-order valence-corrected chi connectivity index (χ1v) is 11.1. The number of sulfonamides is 1. The van der Waals surface area contributed by atoms with E-state index >= 15 is 0 Å². The lowest BCUT2D eigenvalue weighted by Gasteiger charge is -2.35. The van der Waals surface area contributed by atoms with Crippen LogP contribution in [0, 0.1) is 22.5 Å². The zero-order chi connectivity index (χ0) is 21.0. The molecule has 0 atom stereocenters. The van der Waals surface area contributed by atoms with Gasteiger partial charge in [-0.1, -0.05) is 0 Å². The summed E-state index contributed by atoms with van der Waals surface area (Å²) < 4.78 is 27.3. The number of benzene rings is 1. The summed E-state index contributed by atoms with van der Waals surface area (Å²) in [5.41, 5.74) is 0.293. The molecule has 29 heavy (non-hydrogen) atoms. The fraction of sp³-hybridized carbons (Fsp3) is 0.579. The van der Waals surface area contributed by atoms with Crippen molar-refractivity contribution in [2.24, 2.45) is 0 Å². The molecule has 2 aliphatic rings. The van der Waals surface area contributed by atoms with Crippen molar-refractivity contribution in [2.75, 3.05) is 70.9 Å². The van der Waals surface area contributed by atoms with Gasteiger partial charge in [0.05, 0.1) is 9.82 Å². The zero-order valence-electron chi connectivity index (χ0n) is 16.7. The molecule has 2 saturated heterocycles. The molecule has 10 heteroatoms. The van der Waals surface area contributed by atoms with Gasteiger partial charge in [0.1, 0.15) is 5.69 Å². The molecule has 1 aromatic rings. The average molecular weight is 422 g/mol. The van der Waals surface area contributed by atoms with Gasteiger partial charge in [-0.05, 0) is 19.2 Å². The van der Waals surface area contributed by atoms with E-state index in [9.17, 15) is 18.5 Å². The molecule has 0 aliphatic carbocycles. The van der Waals surface area contributed by atoms with E-state index in [1.807, 2.05) is 11.9 Å². The van der Waals surface area contributed by atoms with Gasteiger partial charge in [-0.2, -0.15) is 4.31 Å². The largest absolute Gasteiger partial charge is 0.363 e. The molecule has 0 radical (unpaired) electrons. The van der Waals surface area contributed by atoms with E-state index in [0.717, 1.165) is 19.6 Å². The minimum atomic E-state index is -3.75. The van der Waals surface area contributed by atoms with Crippen molar-refractivity contribution >= 4 is 21.4 Å². The van der Waals surface area contributed by atoms with Crippen molar-refractivity contribution in [1.82, 2.24) is 14.1 Å². The summed E-state index contributed by atoms with van der Waals surface area (Å²) in [6, 6.07) is 4.26. The maximum atomic E-state index is 12.9. The van der Waals surface area contributed by atoms with Crippen LogP contribution in [0.2, 0.25) is 0 Å². The summed E-state index contributed by atoms with van der Waals surface area (Å²) in [4.78, 5) is 17.4. The minimum absolute atomic E-state index is 0.0230. The van der Waals surface area contributed by atoms with E-state index < -0.39 is 14.9 Å². The lowest BCUT2D eigenvalue weighted by molar-refractivity contribution is -0.384. The second-order valence-electron chi connectivity index (χ2n) is 7.40. The second kappa shape index (κ2) is 9.09. The van der Waals surface area contributed by atoms with Crippen LogP contribution in [0.3, 0.4) is 0 Å². The van der Waals surface area contributed by atoms with E-state index in [-0.39, 0.29) is 10.6 Å². The maximum absolute atomic E-state index is 12.9. The van der Waals surface area contributed by atoms with Crippen LogP contribution in [0.25, 0.3) is 0 Å². The molecular weight excluding hydrogens is 394 g/mol. The Kier molecular flexibility index (Phi) is 6.74. The highest BCUT2D eigenvalue weighted by Crippen LogP contribution is 2.32. The van der Waals surface area contributed by atoms with Gasteiger partial charge < -0.3 is 9.80 Å². The van der Waals surface area contributed by atoms with Crippen LogP contribution >= 0.6 is 0 Å². The SMILES string of the molecule is C#CCCN1CCN(c2ccc(S(=O)(=O)N3CCN(C)CC3)cc2[N+](=O)[O-])CC1. The Morgan fingerprint density at radius 3 is 2.34 bits per heavy atom. The maximum Gasteiger partial charge on any atom is 0.293 e. The molecule has 0 amide bonds. The van der Waals surface area contributed by atoms with E-state index in [4.69, 9.17) is 6.42 Å². The molecule has 0 aromatic heterocycles. The van der Waals surface area contributed by atoms with Crippen molar-refractivity contribution < 1.29 is 13.3 Å². The Morgan fingerprint density at radius 1 is 1.10 bits per heavy atom. The third-order valence-corrected chi connectivity index (χ3v) is 7.42. The molecule has 2 fully saturated rings. The third-order valence-electron chi connectivity index (χ3n) is 5.53. The van der Waals surface area contributed by atoms with Gasteiger partial charge in [-0.25, -0.2) is 8.42 Å². The van der Waals surface area contributed by atoms with Gasteiger partial charge in [0.25, 0.3) is 5.69 Å². The number of terminal acetylenes is 1. The molecule has 2 aliphatic heterocycles. The van der Waals surface area contributed by atoms with E-state index in [1.165, 1.54) is 16.4 Å². The summed E-state index contributed by atoms with van der Waals surface area (Å²) in [6.07, 6.45) is 5.99. The molecule has 3 rings (SSSR count). The first kappa shape index (κ1) is 21.5. The van der Waals surface area contributed by atoms with Crippen molar-refractivity contribution in [3.05, 3.63) is 28.3 Å². The highest BCUT2D eigenvalue weighted by Gasteiger charge is 2.31. The number of nitro benzene ring substituents is 1. The molecule has 0 spiro atoms. The fourth-order valence-corrected chi connectivity index (χ4v) is 5.13. The number of likely N-dealkylation sites (N-methyl/N-ethyl adjacent to an activating group) is 1. The van der Waals surface area contributed by atoms with Crippen LogP contribution in [-0.2, 0) is 10.0 Å². The van der Waals surface area contributed by atoms with Crippen molar-refractivity contribution in [3.8, 4) is 12.3 Å². The number of rotatable bonds is 6. The van der Waals surface area contributed by atoms with Gasteiger partial charge in [-0.3, -0.25) is 15.0 Å². The number of hydrogen-bond donors (Lipinski definition) is 0. The summed E-state index contributed by atoms with van der Waals surface area (Å²) in [7, 11) is -1.81. The van der Waals surface area contributed by atoms with Crippen LogP contribution in [-0.4, -0.2) is 93.4 Å². The number of piperazine rings is 2. The molecule has 0 saturated carbocycles. The van der Waals surface area contributed by atoms with Crippen LogP contribution < -0.4 is 4.90 Å². The standard InChI is InChI=1S/C19H27N5O4S/c1-3-4-7-21-10-12-22(13-11-21)18-6-5-17(16-19(18)24(25)26)29(27,28)23-14-8-20(2)9-15-23/h1,5-6,16H,4,7-15H2,2H3. The third kappa shape index (κ3) is 4.87. The van der Waals surface area contributed by atoms with Gasteiger partial charge in [0.15, 0.2) is 0 Å². The summed E-state index contributed by atoms with van der Waals surface area (Å²) in [5, 5.41) is 11.7. The van der Waals surface area contributed by atoms with Gasteiger partial charge in [0.2, 0.25) is 10.0 Å². The normalized spacial score (nSPS) is 19.8. The molecule has 1 aromatic carbocycles. The molecular formula is C19H27N5O4S. The van der Waals surface area contributed by atoms with Crippen LogP contribution in [0.1, 0.15) is 6.42 Å². The van der Waals surface area contributed by atoms with E-state index in [1.54, 1.807) is 6.07 Å². The van der Waals surface area contributed by atoms with Gasteiger partial charge in [-0.15, -0.1) is 12.3 Å². The van der Waals surface area contributed by atoms with Gasteiger partial charge >= 0.3 is 0 Å². The topological polar surface area (TPSA) is 90.2 Å². The second-order valence-corrected chi connectivity index (χ2v) is 9.34. The fourth-order valence-electron chi connectivity index (χ4n) is 3.69. The number of anilines is 1. The summed E-state index contributed by atoms with van der Waals surface area (Å²) in [6.45, 7) is 5.66. The summed E-state index contributed by atoms with van der Waals surface area (Å²) in [5.74, 6) is 2.62. The van der Waals surface area contributed by atoms with Gasteiger partial charge in [0, 0.05) is 71.4 Å². The lowest BCUT2D eigenvalue weighted by Crippen LogP contribution is -2.47. The highest BCUT2D eigenvalue weighted by atomic mass is 32.2. The first-order valence-electron chi connectivity index (χ1n) is 9.71. The monoisotopic (exact) mass is 421 g/mol. The van der Waals surface area contributed by atoms with Crippen LogP contribution in [0.5, 0.6) is 0 Å². The highest BCUT2D eigenvalue weighted by molar-refractivity contribution is 7.89. The lowest BCUT2D eigenvalue weighted by atomic mass is 10.2. The van der Waals surface area contributed by atoms with Crippen molar-refractivity contribution in [1.29, 1.82) is 0 Å². The Labute approximate surface area is 172 Å². The van der Waals surface area contributed by atoms with Crippen molar-refractivity contribution in [3.63, 3.8) is 0 Å². The number of nitrogens with zero attached hydrogens (tertiary/aromatic N) is 5. The molecule has 0 bridgehead atoms. The van der Waals surface area contributed by atoms with E-state index in [2.05, 4.69) is 15.7 Å². The Morgan fingerprint density at radius 2 is 1.76 bits per heavy atom. The average Bonchev–Trinajstić information content (AvgIpc) is 2.72. The van der Waals surface area contributed by atoms with Crippen LogP contribution in [0.15, 0.2) is 23.1 Å². The number of nitro groups is 1. The summed E-state index contributed by atoms with van der Waals surface area (Å²) >= 11 is 0. The molecule has 158 valence electrons. The number of hydrogen-bond acceptors (Lipinski definition) is 7. The Bertz CT molecular complexity index is 882. The van der Waals surface area contributed by atoms with Crippen molar-refractivity contribution in [2.45, 2.75) is 11.3 Å². The molecule has 9 nitrogen and oxygen atoms in total.